The number of anilines is 2. The van der Waals surface area contributed by atoms with Gasteiger partial charge in [-0.05, 0) is 50.1 Å². The maximum Gasteiger partial charge on any atom is 0.305 e. The highest BCUT2D eigenvalue weighted by Crippen LogP contribution is 2.34. The molecule has 0 bridgehead atoms. The van der Waals surface area contributed by atoms with Crippen molar-refractivity contribution in [2.45, 2.75) is 35.4 Å². The Morgan fingerprint density at radius 2 is 1.91 bits per heavy atom. The largest absolute Gasteiger partial charge is 0.369 e. The van der Waals surface area contributed by atoms with Gasteiger partial charge in [-0.25, -0.2) is 13.4 Å². The Balaban J connectivity index is 1.32. The van der Waals surface area contributed by atoms with Crippen LogP contribution in [0.2, 0.25) is 5.02 Å². The minimum Gasteiger partial charge on any atom is -0.369 e. The second-order valence-electron chi connectivity index (χ2n) is 9.20. The predicted octanol–water partition coefficient (Wildman–Crippen LogP) is 2.85. The standard InChI is InChI=1S/C23H25ClN6O4S/c24-19-12-16(28-11-10-27-8-1-2-17(27)14-28)3-5-22(19)35(33,34)18-7-9-29(15-18)23-6-4-21(30(31)32)20(13-25)26-23/h3-6,12,17-18H,1-2,7-11,14-15H2/t17-,18-/m0/s1. The van der Waals surface area contributed by atoms with Gasteiger partial charge in [0.25, 0.3) is 0 Å². The molecule has 35 heavy (non-hydrogen) atoms. The lowest BCUT2D eigenvalue weighted by Gasteiger charge is -2.39. The molecule has 0 amide bonds. The van der Waals surface area contributed by atoms with Crippen molar-refractivity contribution in [2.24, 2.45) is 0 Å². The Morgan fingerprint density at radius 3 is 2.66 bits per heavy atom. The minimum atomic E-state index is -3.71. The third kappa shape index (κ3) is 4.42. The zero-order chi connectivity index (χ0) is 24.7. The van der Waals surface area contributed by atoms with Crippen LogP contribution in [0.25, 0.3) is 0 Å². The van der Waals surface area contributed by atoms with E-state index < -0.39 is 20.0 Å². The molecule has 0 unspecified atom stereocenters. The number of benzene rings is 1. The molecule has 0 radical (unpaired) electrons. The van der Waals surface area contributed by atoms with Crippen molar-refractivity contribution < 1.29 is 13.3 Å². The van der Waals surface area contributed by atoms with E-state index in [-0.39, 0.29) is 27.8 Å². The molecule has 184 valence electrons. The Morgan fingerprint density at radius 1 is 1.09 bits per heavy atom. The van der Waals surface area contributed by atoms with E-state index >= 15 is 0 Å². The number of fused-ring (bicyclic) bond motifs is 1. The van der Waals surface area contributed by atoms with Crippen molar-refractivity contribution in [2.75, 3.05) is 49.1 Å². The molecule has 3 fully saturated rings. The number of pyridine rings is 1. The van der Waals surface area contributed by atoms with E-state index in [0.717, 1.165) is 31.9 Å². The van der Waals surface area contributed by atoms with Gasteiger partial charge in [-0.3, -0.25) is 15.0 Å². The van der Waals surface area contributed by atoms with Crippen LogP contribution in [0.5, 0.6) is 0 Å². The predicted molar refractivity (Wildman–Crippen MR) is 132 cm³/mol. The lowest BCUT2D eigenvalue weighted by molar-refractivity contribution is -0.385. The van der Waals surface area contributed by atoms with Crippen LogP contribution in [-0.4, -0.2) is 73.8 Å². The van der Waals surface area contributed by atoms with Crippen LogP contribution in [0.3, 0.4) is 0 Å². The Kier molecular flexibility index (Phi) is 6.29. The second kappa shape index (κ2) is 9.26. The molecule has 3 aliphatic rings. The number of nitriles is 1. The number of nitro groups is 1. The van der Waals surface area contributed by atoms with E-state index in [1.165, 1.54) is 25.0 Å². The summed E-state index contributed by atoms with van der Waals surface area (Å²) in [7, 11) is -3.71. The summed E-state index contributed by atoms with van der Waals surface area (Å²) in [6.07, 6.45) is 2.78. The zero-order valence-corrected chi connectivity index (χ0v) is 20.6. The average molecular weight is 517 g/mol. The molecule has 4 heterocycles. The van der Waals surface area contributed by atoms with Crippen molar-refractivity contribution in [3.05, 3.63) is 51.2 Å². The molecule has 3 saturated heterocycles. The van der Waals surface area contributed by atoms with Crippen LogP contribution in [0, 0.1) is 21.4 Å². The number of rotatable bonds is 5. The van der Waals surface area contributed by atoms with Gasteiger partial charge >= 0.3 is 5.69 Å². The first-order chi connectivity index (χ1) is 16.8. The molecular weight excluding hydrogens is 492 g/mol. The highest BCUT2D eigenvalue weighted by atomic mass is 35.5. The monoisotopic (exact) mass is 516 g/mol. The van der Waals surface area contributed by atoms with E-state index in [9.17, 15) is 23.8 Å². The molecule has 2 atom stereocenters. The number of nitrogens with zero attached hydrogens (tertiary/aromatic N) is 6. The first-order valence-corrected chi connectivity index (χ1v) is 13.5. The van der Waals surface area contributed by atoms with Crippen molar-refractivity contribution in [1.82, 2.24) is 9.88 Å². The molecule has 1 aromatic heterocycles. The molecule has 2 aromatic rings. The molecule has 12 heteroatoms. The van der Waals surface area contributed by atoms with Crippen molar-refractivity contribution in [3.63, 3.8) is 0 Å². The first-order valence-electron chi connectivity index (χ1n) is 11.6. The Labute approximate surface area is 208 Å². The lowest BCUT2D eigenvalue weighted by Crippen LogP contribution is -2.50. The molecule has 0 N–H and O–H groups in total. The summed E-state index contributed by atoms with van der Waals surface area (Å²) < 4.78 is 26.9. The van der Waals surface area contributed by atoms with Gasteiger partial charge in [0.15, 0.2) is 9.84 Å². The van der Waals surface area contributed by atoms with Crippen LogP contribution in [0.4, 0.5) is 17.2 Å². The average Bonchev–Trinajstić information content (AvgIpc) is 3.53. The first kappa shape index (κ1) is 23.8. The van der Waals surface area contributed by atoms with Crippen LogP contribution in [0.1, 0.15) is 25.0 Å². The van der Waals surface area contributed by atoms with Gasteiger partial charge in [0.2, 0.25) is 5.69 Å². The summed E-state index contributed by atoms with van der Waals surface area (Å²) in [5, 5.41) is 19.8. The fourth-order valence-electron chi connectivity index (χ4n) is 5.36. The number of aromatic nitrogens is 1. The molecule has 0 aliphatic carbocycles. The molecule has 1 aromatic carbocycles. The quantitative estimate of drug-likeness (QED) is 0.435. The molecular formula is C23H25ClN6O4S. The Hall–Kier alpha value is -2.94. The molecule has 5 rings (SSSR count). The highest BCUT2D eigenvalue weighted by molar-refractivity contribution is 7.92. The van der Waals surface area contributed by atoms with E-state index in [1.807, 2.05) is 6.07 Å². The normalized spacial score (nSPS) is 22.7. The summed E-state index contributed by atoms with van der Waals surface area (Å²) in [6.45, 7) is 4.55. The zero-order valence-electron chi connectivity index (χ0n) is 19.0. The third-order valence-electron chi connectivity index (χ3n) is 7.24. The number of piperazine rings is 1. The maximum atomic E-state index is 13.4. The summed E-state index contributed by atoms with van der Waals surface area (Å²) >= 11 is 6.52. The van der Waals surface area contributed by atoms with Crippen LogP contribution >= 0.6 is 11.6 Å². The number of sulfone groups is 1. The van der Waals surface area contributed by atoms with Crippen molar-refractivity contribution in [1.29, 1.82) is 5.26 Å². The number of hydrogen-bond acceptors (Lipinski definition) is 9. The van der Waals surface area contributed by atoms with Gasteiger partial charge < -0.3 is 9.80 Å². The minimum absolute atomic E-state index is 0.114. The highest BCUT2D eigenvalue weighted by Gasteiger charge is 2.37. The maximum absolute atomic E-state index is 13.4. The smallest absolute Gasteiger partial charge is 0.305 e. The van der Waals surface area contributed by atoms with Crippen LogP contribution in [0.15, 0.2) is 35.2 Å². The van der Waals surface area contributed by atoms with Gasteiger partial charge in [0.1, 0.15) is 11.9 Å². The fourth-order valence-corrected chi connectivity index (χ4v) is 7.60. The van der Waals surface area contributed by atoms with Gasteiger partial charge in [-0.1, -0.05) is 11.6 Å². The molecule has 10 nitrogen and oxygen atoms in total. The topological polar surface area (TPSA) is 124 Å². The summed E-state index contributed by atoms with van der Waals surface area (Å²) in [6, 6.07) is 10.2. The fraction of sp³-hybridized carbons (Fsp3) is 0.478. The molecule has 3 aliphatic heterocycles. The van der Waals surface area contributed by atoms with Gasteiger partial charge in [0, 0.05) is 50.5 Å². The van der Waals surface area contributed by atoms with Crippen molar-refractivity contribution >= 4 is 38.6 Å². The molecule has 0 saturated carbocycles. The van der Waals surface area contributed by atoms with Gasteiger partial charge in [-0.2, -0.15) is 5.26 Å². The van der Waals surface area contributed by atoms with E-state index in [1.54, 1.807) is 23.1 Å². The van der Waals surface area contributed by atoms with Crippen LogP contribution in [-0.2, 0) is 9.84 Å². The van der Waals surface area contributed by atoms with Gasteiger partial charge in [-0.15, -0.1) is 0 Å². The summed E-state index contributed by atoms with van der Waals surface area (Å²) in [5.41, 5.74) is 0.268. The van der Waals surface area contributed by atoms with E-state index in [4.69, 9.17) is 11.6 Å². The molecule has 0 spiro atoms. The number of hydrogen-bond donors (Lipinski definition) is 0. The summed E-state index contributed by atoms with van der Waals surface area (Å²) in [4.78, 5) is 21.1. The van der Waals surface area contributed by atoms with E-state index in [0.29, 0.717) is 24.8 Å². The SMILES string of the molecule is N#Cc1nc(N2CC[C@H](S(=O)(=O)c3ccc(N4CCN5CCC[C@H]5C4)cc3Cl)C2)ccc1[N+](=O)[O-]. The number of halogens is 1. The third-order valence-corrected chi connectivity index (χ3v) is 9.90. The van der Waals surface area contributed by atoms with E-state index in [2.05, 4.69) is 14.8 Å². The van der Waals surface area contributed by atoms with Crippen LogP contribution < -0.4 is 9.80 Å². The van der Waals surface area contributed by atoms with Gasteiger partial charge in [0.05, 0.1) is 20.1 Å². The summed E-state index contributed by atoms with van der Waals surface area (Å²) in [5.74, 6) is 0.345. The lowest BCUT2D eigenvalue weighted by atomic mass is 10.1. The Bertz CT molecular complexity index is 1310. The second-order valence-corrected chi connectivity index (χ2v) is 11.8. The van der Waals surface area contributed by atoms with Crippen molar-refractivity contribution in [3.8, 4) is 6.07 Å².